The first-order valence-corrected chi connectivity index (χ1v) is 12.5. The Bertz CT molecular complexity index is 598. The van der Waals surface area contributed by atoms with Gasteiger partial charge < -0.3 is 14.8 Å². The maximum Gasteiger partial charge on any atom is 0.135 e. The third-order valence-corrected chi connectivity index (χ3v) is 8.88. The van der Waals surface area contributed by atoms with Gasteiger partial charge in [-0.1, -0.05) is 55.4 Å². The number of ether oxygens (including phenoxy) is 2. The molecular weight excluding hydrogens is 398 g/mol. The molecule has 0 bridgehead atoms. The molecule has 0 saturated carbocycles. The van der Waals surface area contributed by atoms with Crippen LogP contribution in [0.25, 0.3) is 0 Å². The van der Waals surface area contributed by atoms with Gasteiger partial charge in [0.25, 0.3) is 0 Å². The molecule has 4 heteroatoms. The molecule has 0 heterocycles. The van der Waals surface area contributed by atoms with Gasteiger partial charge >= 0.3 is 0 Å². The van der Waals surface area contributed by atoms with Gasteiger partial charge in [0.15, 0.2) is 0 Å². The zero-order chi connectivity index (χ0) is 25.8. The molecule has 1 N–H and O–H groups in total. The van der Waals surface area contributed by atoms with E-state index in [-0.39, 0.29) is 38.8 Å². The molecule has 0 aliphatic rings. The lowest BCUT2D eigenvalue weighted by molar-refractivity contribution is -0.145. The van der Waals surface area contributed by atoms with Crippen LogP contribution in [-0.2, 0) is 14.3 Å². The van der Waals surface area contributed by atoms with Crippen LogP contribution in [0.3, 0.4) is 0 Å². The quantitative estimate of drug-likeness (QED) is 0.269. The molecule has 0 rings (SSSR count). The smallest absolute Gasteiger partial charge is 0.135 e. The maximum absolute atomic E-state index is 12.1. The number of carbonyl (C=O) groups is 1. The topological polar surface area (TPSA) is 47.6 Å². The van der Waals surface area contributed by atoms with Crippen molar-refractivity contribution in [3.05, 3.63) is 0 Å². The molecule has 0 aromatic carbocycles. The van der Waals surface area contributed by atoms with E-state index in [1.165, 1.54) is 0 Å². The summed E-state index contributed by atoms with van der Waals surface area (Å²) in [6.45, 7) is 34.5. The van der Waals surface area contributed by atoms with Crippen LogP contribution in [-0.4, -0.2) is 42.3 Å². The molecule has 0 spiro atoms. The molecule has 0 saturated heterocycles. The standard InChI is InChI=1S/C28H57NO3/c1-21(2)26(10,11)29-17-19-32-27(12,13)24(6,7)16-18-31-28(14,15)25(8,9)20-23(4,5)22(3)30/h21,29H,16-20H2,1-15H3. The monoisotopic (exact) mass is 455 g/mol. The van der Waals surface area contributed by atoms with Crippen LogP contribution >= 0.6 is 0 Å². The van der Waals surface area contributed by atoms with Crippen molar-refractivity contribution >= 4 is 5.78 Å². The highest BCUT2D eigenvalue weighted by Gasteiger charge is 2.44. The second-order valence-corrected chi connectivity index (χ2v) is 13.7. The molecule has 0 radical (unpaired) electrons. The molecule has 4 nitrogen and oxygen atoms in total. The Morgan fingerprint density at radius 3 is 1.62 bits per heavy atom. The van der Waals surface area contributed by atoms with Gasteiger partial charge in [-0.2, -0.15) is 0 Å². The van der Waals surface area contributed by atoms with Crippen molar-refractivity contribution in [1.29, 1.82) is 0 Å². The van der Waals surface area contributed by atoms with Gasteiger partial charge in [0, 0.05) is 24.1 Å². The summed E-state index contributed by atoms with van der Waals surface area (Å²) in [7, 11) is 0. The lowest BCUT2D eigenvalue weighted by Gasteiger charge is -2.46. The fourth-order valence-corrected chi connectivity index (χ4v) is 3.58. The molecule has 0 aromatic rings. The van der Waals surface area contributed by atoms with Crippen molar-refractivity contribution in [1.82, 2.24) is 5.32 Å². The van der Waals surface area contributed by atoms with E-state index in [0.29, 0.717) is 19.1 Å². The normalized spacial score (nSPS) is 14.9. The van der Waals surface area contributed by atoms with Crippen molar-refractivity contribution in [2.24, 2.45) is 22.2 Å². The summed E-state index contributed by atoms with van der Waals surface area (Å²) < 4.78 is 12.8. The molecule has 0 aromatic heterocycles. The summed E-state index contributed by atoms with van der Waals surface area (Å²) in [5.41, 5.74) is -1.03. The zero-order valence-corrected chi connectivity index (χ0v) is 24.3. The highest BCUT2D eigenvalue weighted by molar-refractivity contribution is 5.81. The van der Waals surface area contributed by atoms with Gasteiger partial charge in [0.05, 0.1) is 17.8 Å². The van der Waals surface area contributed by atoms with Gasteiger partial charge in [-0.15, -0.1) is 0 Å². The van der Waals surface area contributed by atoms with Gasteiger partial charge in [-0.3, -0.25) is 4.79 Å². The van der Waals surface area contributed by atoms with E-state index in [4.69, 9.17) is 9.47 Å². The Kier molecular flexibility index (Phi) is 10.7. The minimum absolute atomic E-state index is 0.0422. The average molecular weight is 456 g/mol. The van der Waals surface area contributed by atoms with Crippen molar-refractivity contribution < 1.29 is 14.3 Å². The molecule has 0 aliphatic heterocycles. The van der Waals surface area contributed by atoms with E-state index in [0.717, 1.165) is 19.4 Å². The van der Waals surface area contributed by atoms with Gasteiger partial charge in [0.1, 0.15) is 5.78 Å². The first-order valence-electron chi connectivity index (χ1n) is 12.5. The number of hydrogen-bond donors (Lipinski definition) is 1. The van der Waals surface area contributed by atoms with Gasteiger partial charge in [-0.25, -0.2) is 0 Å². The van der Waals surface area contributed by atoms with Crippen molar-refractivity contribution in [3.8, 4) is 0 Å². The van der Waals surface area contributed by atoms with Crippen LogP contribution in [0.1, 0.15) is 117 Å². The van der Waals surface area contributed by atoms with E-state index in [2.05, 4.69) is 88.4 Å². The summed E-state index contributed by atoms with van der Waals surface area (Å²) >= 11 is 0. The second kappa shape index (κ2) is 10.9. The first-order chi connectivity index (χ1) is 14.0. The number of carbonyl (C=O) groups excluding carboxylic acids is 1. The SMILES string of the molecule is CC(=O)C(C)(C)CC(C)(C)C(C)(C)OCCC(C)(C)C(C)(C)OCCNC(C)(C)C(C)C. The molecule has 0 atom stereocenters. The third kappa shape index (κ3) is 8.72. The number of hydrogen-bond acceptors (Lipinski definition) is 4. The van der Waals surface area contributed by atoms with Crippen LogP contribution in [0.15, 0.2) is 0 Å². The predicted molar refractivity (Wildman–Crippen MR) is 138 cm³/mol. The lowest BCUT2D eigenvalue weighted by Crippen LogP contribution is -2.48. The Morgan fingerprint density at radius 1 is 0.750 bits per heavy atom. The van der Waals surface area contributed by atoms with Crippen molar-refractivity contribution in [2.75, 3.05) is 19.8 Å². The number of ketones is 1. The fourth-order valence-electron chi connectivity index (χ4n) is 3.58. The summed E-state index contributed by atoms with van der Waals surface area (Å²) in [6, 6.07) is 0. The molecule has 0 fully saturated rings. The number of nitrogens with one attached hydrogen (secondary N) is 1. The van der Waals surface area contributed by atoms with Crippen molar-refractivity contribution in [3.63, 3.8) is 0 Å². The van der Waals surface area contributed by atoms with Crippen LogP contribution in [0.5, 0.6) is 0 Å². The van der Waals surface area contributed by atoms with E-state index >= 15 is 0 Å². The van der Waals surface area contributed by atoms with Crippen LogP contribution in [0.4, 0.5) is 0 Å². The first kappa shape index (κ1) is 31.6. The number of Topliss-reactive ketones (excluding diaryl/α,β-unsaturated/α-hetero) is 1. The minimum Gasteiger partial charge on any atom is -0.375 e. The molecule has 0 amide bonds. The van der Waals surface area contributed by atoms with Gasteiger partial charge in [0.2, 0.25) is 0 Å². The zero-order valence-electron chi connectivity index (χ0n) is 24.3. The van der Waals surface area contributed by atoms with E-state index in [9.17, 15) is 4.79 Å². The van der Waals surface area contributed by atoms with Crippen molar-refractivity contribution in [2.45, 2.75) is 133 Å². The summed E-state index contributed by atoms with van der Waals surface area (Å²) in [5.74, 6) is 0.797. The summed E-state index contributed by atoms with van der Waals surface area (Å²) in [4.78, 5) is 12.1. The van der Waals surface area contributed by atoms with Crippen LogP contribution in [0.2, 0.25) is 0 Å². The highest BCUT2D eigenvalue weighted by atomic mass is 16.5. The molecule has 0 aliphatic carbocycles. The fraction of sp³-hybridized carbons (Fsp3) is 0.964. The Hall–Kier alpha value is -0.450. The molecule has 0 unspecified atom stereocenters. The predicted octanol–water partition coefficient (Wildman–Crippen LogP) is 7.05. The van der Waals surface area contributed by atoms with Crippen LogP contribution < -0.4 is 5.32 Å². The third-order valence-electron chi connectivity index (χ3n) is 8.88. The van der Waals surface area contributed by atoms with Crippen LogP contribution in [0, 0.1) is 22.2 Å². The van der Waals surface area contributed by atoms with Gasteiger partial charge in [-0.05, 0) is 78.1 Å². The lowest BCUT2D eigenvalue weighted by atomic mass is 9.66. The molecule has 192 valence electrons. The Labute approximate surface area is 201 Å². The van der Waals surface area contributed by atoms with E-state index in [1.54, 1.807) is 6.92 Å². The average Bonchev–Trinajstić information content (AvgIpc) is 2.56. The summed E-state index contributed by atoms with van der Waals surface area (Å²) in [5, 5.41) is 3.61. The molecular formula is C28H57NO3. The highest BCUT2D eigenvalue weighted by Crippen LogP contribution is 2.44. The molecule has 32 heavy (non-hydrogen) atoms. The second-order valence-electron chi connectivity index (χ2n) is 13.7. The maximum atomic E-state index is 12.1. The Balaban J connectivity index is 4.87. The largest absolute Gasteiger partial charge is 0.375 e. The Morgan fingerprint density at radius 2 is 1.19 bits per heavy atom. The van der Waals surface area contributed by atoms with E-state index in [1.807, 2.05) is 13.8 Å². The minimum atomic E-state index is -0.350. The summed E-state index contributed by atoms with van der Waals surface area (Å²) in [6.07, 6.45) is 1.70. The van der Waals surface area contributed by atoms with E-state index < -0.39 is 0 Å². The number of rotatable bonds is 15.